The Hall–Kier alpha value is -3.14. The molecule has 0 saturated heterocycles. The van der Waals surface area contributed by atoms with Gasteiger partial charge in [0, 0.05) is 13.1 Å². The molecule has 0 aliphatic rings. The minimum atomic E-state index is -1.31. The number of alkyl carbamates (subject to hydrolysis) is 1. The Morgan fingerprint density at radius 3 is 2.17 bits per heavy atom. The van der Waals surface area contributed by atoms with Crippen molar-refractivity contribution in [3.8, 4) is 0 Å². The molecule has 0 aliphatic carbocycles. The molecule has 0 radical (unpaired) electrons. The van der Waals surface area contributed by atoms with Crippen LogP contribution in [0.1, 0.15) is 70.2 Å². The van der Waals surface area contributed by atoms with E-state index in [1.54, 1.807) is 27.7 Å². The molecule has 1 aromatic rings. The average molecular weight is 508 g/mol. The van der Waals surface area contributed by atoms with Crippen LogP contribution in [0.4, 0.5) is 4.79 Å². The summed E-state index contributed by atoms with van der Waals surface area (Å²) in [7, 11) is 0. The van der Waals surface area contributed by atoms with Crippen molar-refractivity contribution in [1.82, 2.24) is 15.5 Å². The molecule has 1 aromatic carbocycles. The Kier molecular flexibility index (Phi) is 12.4. The first-order valence-corrected chi connectivity index (χ1v) is 12.2. The molecule has 10 nitrogen and oxygen atoms in total. The van der Waals surface area contributed by atoms with E-state index in [9.17, 15) is 24.3 Å². The first-order valence-electron chi connectivity index (χ1n) is 12.2. The highest BCUT2D eigenvalue weighted by atomic mass is 16.6. The van der Waals surface area contributed by atoms with Crippen LogP contribution < -0.4 is 10.6 Å². The van der Waals surface area contributed by atoms with Crippen LogP contribution in [0.25, 0.3) is 0 Å². The fourth-order valence-electron chi connectivity index (χ4n) is 3.70. The maximum atomic E-state index is 13.6. The van der Waals surface area contributed by atoms with Gasteiger partial charge in [0.05, 0.1) is 19.6 Å². The second-order valence-corrected chi connectivity index (χ2v) is 9.58. The molecular weight excluding hydrogens is 466 g/mol. The minimum Gasteiger partial charge on any atom is -0.466 e. The predicted molar refractivity (Wildman–Crippen MR) is 135 cm³/mol. The van der Waals surface area contributed by atoms with Gasteiger partial charge in [-0.15, -0.1) is 0 Å². The quantitative estimate of drug-likeness (QED) is 0.370. The van der Waals surface area contributed by atoms with Crippen molar-refractivity contribution in [2.75, 3.05) is 26.3 Å². The van der Waals surface area contributed by atoms with Crippen molar-refractivity contribution in [3.05, 3.63) is 34.9 Å². The number of nitrogens with one attached hydrogen (secondary N) is 2. The molecule has 3 amide bonds. The molecule has 1 rings (SSSR count). The molecule has 0 aromatic heterocycles. The number of rotatable bonds is 12. The summed E-state index contributed by atoms with van der Waals surface area (Å²) >= 11 is 0. The summed E-state index contributed by atoms with van der Waals surface area (Å²) in [5, 5.41) is 15.1. The summed E-state index contributed by atoms with van der Waals surface area (Å²) in [6.07, 6.45) is -0.346. The van der Waals surface area contributed by atoms with E-state index >= 15 is 0 Å². The van der Waals surface area contributed by atoms with E-state index in [-0.39, 0.29) is 26.1 Å². The largest absolute Gasteiger partial charge is 0.466 e. The van der Waals surface area contributed by atoms with E-state index in [1.807, 2.05) is 39.0 Å². The number of aryl methyl sites for hydroxylation is 2. The van der Waals surface area contributed by atoms with Crippen molar-refractivity contribution in [3.63, 3.8) is 0 Å². The van der Waals surface area contributed by atoms with E-state index in [2.05, 4.69) is 10.6 Å². The van der Waals surface area contributed by atoms with Gasteiger partial charge in [-0.3, -0.25) is 14.4 Å². The maximum Gasteiger partial charge on any atom is 0.408 e. The lowest BCUT2D eigenvalue weighted by Crippen LogP contribution is -2.54. The van der Waals surface area contributed by atoms with Crippen LogP contribution in [0.3, 0.4) is 0 Å². The molecule has 0 aliphatic heterocycles. The summed E-state index contributed by atoms with van der Waals surface area (Å²) in [6, 6.07) is 3.22. The third-order valence-corrected chi connectivity index (χ3v) is 4.97. The molecule has 0 fully saturated rings. The van der Waals surface area contributed by atoms with Crippen LogP contribution in [0.2, 0.25) is 0 Å². The number of hydrogen-bond donors (Lipinski definition) is 3. The third-order valence-electron chi connectivity index (χ3n) is 4.97. The van der Waals surface area contributed by atoms with Crippen LogP contribution in [0.15, 0.2) is 18.2 Å². The van der Waals surface area contributed by atoms with Gasteiger partial charge in [-0.05, 0) is 53.5 Å². The standard InChI is InChI=1S/C26H41N3O7/c1-8-12-29(24(33)20(16-30)28-25(34)36-26(5,6)7)22(19-14-17(3)13-18(4)15-19)23(32)27-11-10-21(31)35-9-2/h13-15,20,22,30H,8-12,16H2,1-7H3,(H,27,32)(H,28,34). The lowest BCUT2D eigenvalue weighted by atomic mass is 9.98. The Balaban J connectivity index is 3.31. The fourth-order valence-corrected chi connectivity index (χ4v) is 3.70. The number of amides is 3. The van der Waals surface area contributed by atoms with Crippen LogP contribution >= 0.6 is 0 Å². The third kappa shape index (κ3) is 10.2. The highest BCUT2D eigenvalue weighted by Gasteiger charge is 2.35. The van der Waals surface area contributed by atoms with Gasteiger partial charge in [0.2, 0.25) is 11.8 Å². The van der Waals surface area contributed by atoms with Gasteiger partial charge in [-0.1, -0.05) is 36.2 Å². The van der Waals surface area contributed by atoms with Gasteiger partial charge in [0.15, 0.2) is 0 Å². The summed E-state index contributed by atoms with van der Waals surface area (Å²) in [4.78, 5) is 52.3. The lowest BCUT2D eigenvalue weighted by molar-refractivity contribution is -0.144. The first kappa shape index (κ1) is 30.9. The minimum absolute atomic E-state index is 0.0136. The molecule has 3 N–H and O–H groups in total. The average Bonchev–Trinajstić information content (AvgIpc) is 2.75. The zero-order valence-corrected chi connectivity index (χ0v) is 22.5. The van der Waals surface area contributed by atoms with Crippen molar-refractivity contribution < 1.29 is 33.8 Å². The molecule has 0 spiro atoms. The van der Waals surface area contributed by atoms with E-state index in [0.717, 1.165) is 11.1 Å². The van der Waals surface area contributed by atoms with Crippen molar-refractivity contribution >= 4 is 23.9 Å². The Labute approximate surface area is 213 Å². The number of aliphatic hydroxyl groups is 1. The SMILES string of the molecule is CCCN(C(=O)C(CO)NC(=O)OC(C)(C)C)C(C(=O)NCCC(=O)OCC)c1cc(C)cc(C)c1. The van der Waals surface area contributed by atoms with Crippen LogP contribution in [-0.2, 0) is 23.9 Å². The topological polar surface area (TPSA) is 134 Å². The second kappa shape index (κ2) is 14.4. The summed E-state index contributed by atoms with van der Waals surface area (Å²) in [6.45, 7) is 12.2. The lowest BCUT2D eigenvalue weighted by Gasteiger charge is -2.34. The normalized spacial score (nSPS) is 12.8. The monoisotopic (exact) mass is 507 g/mol. The maximum absolute atomic E-state index is 13.6. The van der Waals surface area contributed by atoms with Crippen LogP contribution in [0.5, 0.6) is 0 Å². The van der Waals surface area contributed by atoms with Gasteiger partial charge in [0.25, 0.3) is 0 Å². The van der Waals surface area contributed by atoms with E-state index < -0.39 is 48.2 Å². The molecule has 2 unspecified atom stereocenters. The summed E-state index contributed by atoms with van der Waals surface area (Å²) in [5.41, 5.74) is 1.60. The number of ether oxygens (including phenoxy) is 2. The Morgan fingerprint density at radius 1 is 1.06 bits per heavy atom. The predicted octanol–water partition coefficient (Wildman–Crippen LogP) is 2.54. The second-order valence-electron chi connectivity index (χ2n) is 9.58. The molecule has 0 heterocycles. The zero-order valence-electron chi connectivity index (χ0n) is 22.5. The number of nitrogens with zero attached hydrogens (tertiary/aromatic N) is 1. The van der Waals surface area contributed by atoms with E-state index in [0.29, 0.717) is 12.0 Å². The molecular formula is C26H41N3O7. The van der Waals surface area contributed by atoms with Gasteiger partial charge >= 0.3 is 12.1 Å². The van der Waals surface area contributed by atoms with Crippen molar-refractivity contribution in [2.45, 2.75) is 79.0 Å². The van der Waals surface area contributed by atoms with Crippen molar-refractivity contribution in [1.29, 1.82) is 0 Å². The highest BCUT2D eigenvalue weighted by molar-refractivity contribution is 5.92. The number of hydrogen-bond acceptors (Lipinski definition) is 7. The molecule has 2 atom stereocenters. The summed E-state index contributed by atoms with van der Waals surface area (Å²) in [5.74, 6) is -1.56. The number of carbonyl (C=O) groups is 4. The number of carbonyl (C=O) groups excluding carboxylic acids is 4. The Morgan fingerprint density at radius 2 is 1.67 bits per heavy atom. The van der Waals surface area contributed by atoms with E-state index in [4.69, 9.17) is 9.47 Å². The number of aliphatic hydroxyl groups excluding tert-OH is 1. The Bertz CT molecular complexity index is 891. The first-order chi connectivity index (χ1) is 16.8. The zero-order chi connectivity index (χ0) is 27.5. The smallest absolute Gasteiger partial charge is 0.408 e. The summed E-state index contributed by atoms with van der Waals surface area (Å²) < 4.78 is 10.1. The van der Waals surface area contributed by atoms with Gasteiger partial charge in [0.1, 0.15) is 17.7 Å². The highest BCUT2D eigenvalue weighted by Crippen LogP contribution is 2.25. The van der Waals surface area contributed by atoms with Gasteiger partial charge < -0.3 is 30.1 Å². The van der Waals surface area contributed by atoms with Crippen LogP contribution in [0, 0.1) is 13.8 Å². The molecule has 0 bridgehead atoms. The van der Waals surface area contributed by atoms with E-state index in [1.165, 1.54) is 4.90 Å². The van der Waals surface area contributed by atoms with Crippen LogP contribution in [-0.4, -0.2) is 71.8 Å². The molecule has 202 valence electrons. The molecule has 0 saturated carbocycles. The fraction of sp³-hybridized carbons (Fsp3) is 0.615. The molecule has 36 heavy (non-hydrogen) atoms. The van der Waals surface area contributed by atoms with Gasteiger partial charge in [-0.25, -0.2) is 4.79 Å². The number of benzene rings is 1. The van der Waals surface area contributed by atoms with Gasteiger partial charge in [-0.2, -0.15) is 0 Å². The molecule has 10 heteroatoms. The number of esters is 1. The van der Waals surface area contributed by atoms with Crippen molar-refractivity contribution in [2.24, 2.45) is 0 Å².